The Balaban J connectivity index is 1.86. The maximum Gasteiger partial charge on any atom is 0.422 e. The molecule has 1 heterocycles. The third-order valence-corrected chi connectivity index (χ3v) is 3.28. The summed E-state index contributed by atoms with van der Waals surface area (Å²) in [7, 11) is 0. The Hall–Kier alpha value is -1.82. The van der Waals surface area contributed by atoms with Crippen LogP contribution in [0.5, 0.6) is 5.88 Å². The third-order valence-electron chi connectivity index (χ3n) is 3.28. The lowest BCUT2D eigenvalue weighted by atomic mass is 10.1. The van der Waals surface area contributed by atoms with E-state index in [1.807, 2.05) is 18.2 Å². The van der Waals surface area contributed by atoms with Gasteiger partial charge in [-0.05, 0) is 30.4 Å². The highest BCUT2D eigenvalue weighted by Gasteiger charge is 2.29. The molecular weight excluding hydrogens is 281 g/mol. The van der Waals surface area contributed by atoms with Crippen molar-refractivity contribution in [3.8, 4) is 5.88 Å². The van der Waals surface area contributed by atoms with Crippen molar-refractivity contribution in [1.82, 2.24) is 10.3 Å². The minimum Gasteiger partial charge on any atom is -0.468 e. The summed E-state index contributed by atoms with van der Waals surface area (Å²) < 4.78 is 41.9. The monoisotopic (exact) mass is 296 g/mol. The Kier molecular flexibility index (Phi) is 3.71. The Labute approximate surface area is 120 Å². The van der Waals surface area contributed by atoms with Crippen LogP contribution in [-0.4, -0.2) is 23.8 Å². The minimum atomic E-state index is -4.37. The first kappa shape index (κ1) is 14.1. The van der Waals surface area contributed by atoms with E-state index in [0.29, 0.717) is 23.7 Å². The van der Waals surface area contributed by atoms with E-state index in [4.69, 9.17) is 4.74 Å². The fourth-order valence-corrected chi connectivity index (χ4v) is 2.11. The standard InChI is InChI=1S/C15H15F3N2O/c16-15(17,18)9-21-14-13-4-2-1-3-10(13)7-12(20-14)8-19-11-5-6-11/h1-4,7,11,19H,5-6,8-9H2. The Bertz CT molecular complexity index is 638. The normalized spacial score (nSPS) is 15.4. The van der Waals surface area contributed by atoms with Crippen molar-refractivity contribution in [2.45, 2.75) is 31.6 Å². The van der Waals surface area contributed by atoms with Gasteiger partial charge in [0.15, 0.2) is 6.61 Å². The molecule has 0 aliphatic heterocycles. The molecule has 0 unspecified atom stereocenters. The van der Waals surface area contributed by atoms with E-state index in [9.17, 15) is 13.2 Å². The molecule has 1 saturated carbocycles. The maximum absolute atomic E-state index is 12.3. The van der Waals surface area contributed by atoms with Crippen molar-refractivity contribution in [1.29, 1.82) is 0 Å². The number of fused-ring (bicyclic) bond motifs is 1. The molecule has 1 aliphatic rings. The SMILES string of the molecule is FC(F)(F)COc1nc(CNC2CC2)cc2ccccc12. The summed E-state index contributed by atoms with van der Waals surface area (Å²) in [6.45, 7) is -0.790. The summed E-state index contributed by atoms with van der Waals surface area (Å²) >= 11 is 0. The number of ether oxygens (including phenoxy) is 1. The van der Waals surface area contributed by atoms with Gasteiger partial charge < -0.3 is 10.1 Å². The van der Waals surface area contributed by atoms with Crippen LogP contribution in [0.15, 0.2) is 30.3 Å². The highest BCUT2D eigenvalue weighted by molar-refractivity contribution is 5.87. The van der Waals surface area contributed by atoms with Crippen molar-refractivity contribution in [2.75, 3.05) is 6.61 Å². The summed E-state index contributed by atoms with van der Waals surface area (Å²) in [6.07, 6.45) is -2.08. The highest BCUT2D eigenvalue weighted by atomic mass is 19.4. The summed E-state index contributed by atoms with van der Waals surface area (Å²) in [6, 6.07) is 9.55. The van der Waals surface area contributed by atoms with Gasteiger partial charge in [-0.3, -0.25) is 0 Å². The quantitative estimate of drug-likeness (QED) is 0.918. The topological polar surface area (TPSA) is 34.1 Å². The number of hydrogen-bond donors (Lipinski definition) is 1. The van der Waals surface area contributed by atoms with Gasteiger partial charge in [0.25, 0.3) is 0 Å². The molecule has 3 nitrogen and oxygen atoms in total. The molecule has 1 aromatic heterocycles. The second-order valence-electron chi connectivity index (χ2n) is 5.20. The van der Waals surface area contributed by atoms with Crippen LogP contribution in [0.4, 0.5) is 13.2 Å². The van der Waals surface area contributed by atoms with E-state index in [-0.39, 0.29) is 5.88 Å². The van der Waals surface area contributed by atoms with Crippen LogP contribution in [0.1, 0.15) is 18.5 Å². The van der Waals surface area contributed by atoms with Gasteiger partial charge in [-0.25, -0.2) is 4.98 Å². The van der Waals surface area contributed by atoms with Crippen LogP contribution in [0, 0.1) is 0 Å². The molecule has 0 radical (unpaired) electrons. The van der Waals surface area contributed by atoms with Crippen LogP contribution in [-0.2, 0) is 6.54 Å². The number of nitrogens with zero attached hydrogens (tertiary/aromatic N) is 1. The number of benzene rings is 1. The molecule has 1 N–H and O–H groups in total. The van der Waals surface area contributed by atoms with Gasteiger partial charge in [0, 0.05) is 18.0 Å². The first-order chi connectivity index (χ1) is 10.0. The van der Waals surface area contributed by atoms with E-state index >= 15 is 0 Å². The summed E-state index contributed by atoms with van der Waals surface area (Å²) in [5.74, 6) is 0.0398. The maximum atomic E-state index is 12.3. The molecule has 0 amide bonds. The summed E-state index contributed by atoms with van der Waals surface area (Å²) in [5.41, 5.74) is 0.692. The van der Waals surface area contributed by atoms with Gasteiger partial charge >= 0.3 is 6.18 Å². The Morgan fingerprint density at radius 3 is 2.71 bits per heavy atom. The summed E-state index contributed by atoms with van der Waals surface area (Å²) in [4.78, 5) is 4.22. The zero-order valence-electron chi connectivity index (χ0n) is 11.3. The first-order valence-electron chi connectivity index (χ1n) is 6.83. The molecule has 1 aliphatic carbocycles. The van der Waals surface area contributed by atoms with E-state index in [2.05, 4.69) is 10.3 Å². The number of aromatic nitrogens is 1. The van der Waals surface area contributed by atoms with Gasteiger partial charge in [0.05, 0.1) is 5.69 Å². The molecule has 1 aromatic carbocycles. The van der Waals surface area contributed by atoms with Gasteiger partial charge in [-0.1, -0.05) is 18.2 Å². The van der Waals surface area contributed by atoms with Crippen LogP contribution < -0.4 is 10.1 Å². The van der Waals surface area contributed by atoms with Crippen molar-refractivity contribution in [2.24, 2.45) is 0 Å². The fourth-order valence-electron chi connectivity index (χ4n) is 2.11. The van der Waals surface area contributed by atoms with Gasteiger partial charge in [-0.15, -0.1) is 0 Å². The molecule has 21 heavy (non-hydrogen) atoms. The molecule has 112 valence electrons. The zero-order valence-corrected chi connectivity index (χ0v) is 11.3. The van der Waals surface area contributed by atoms with Crippen LogP contribution in [0.3, 0.4) is 0 Å². The lowest BCUT2D eigenvalue weighted by molar-refractivity contribution is -0.153. The molecule has 0 saturated heterocycles. The van der Waals surface area contributed by atoms with Crippen molar-refractivity contribution >= 4 is 10.8 Å². The van der Waals surface area contributed by atoms with E-state index < -0.39 is 12.8 Å². The van der Waals surface area contributed by atoms with Crippen molar-refractivity contribution in [3.05, 3.63) is 36.0 Å². The predicted molar refractivity (Wildman–Crippen MR) is 73.2 cm³/mol. The molecule has 6 heteroatoms. The molecule has 1 fully saturated rings. The van der Waals surface area contributed by atoms with Gasteiger partial charge in [0.1, 0.15) is 0 Å². The number of alkyl halides is 3. The molecular formula is C15H15F3N2O. The largest absolute Gasteiger partial charge is 0.468 e. The Morgan fingerprint density at radius 2 is 2.00 bits per heavy atom. The smallest absolute Gasteiger partial charge is 0.422 e. The van der Waals surface area contributed by atoms with E-state index in [1.165, 1.54) is 0 Å². The number of nitrogens with one attached hydrogen (secondary N) is 1. The molecule has 0 bridgehead atoms. The molecule has 2 aromatic rings. The average Bonchev–Trinajstić information content (AvgIpc) is 3.26. The van der Waals surface area contributed by atoms with Crippen LogP contribution in [0.25, 0.3) is 10.8 Å². The minimum absolute atomic E-state index is 0.0398. The molecule has 3 rings (SSSR count). The Morgan fingerprint density at radius 1 is 1.24 bits per heavy atom. The van der Waals surface area contributed by atoms with E-state index in [1.54, 1.807) is 12.1 Å². The zero-order chi connectivity index (χ0) is 14.9. The summed E-state index contributed by atoms with van der Waals surface area (Å²) in [5, 5.41) is 4.72. The number of hydrogen-bond acceptors (Lipinski definition) is 3. The number of pyridine rings is 1. The second-order valence-corrected chi connectivity index (χ2v) is 5.20. The van der Waals surface area contributed by atoms with Crippen molar-refractivity contribution < 1.29 is 17.9 Å². The average molecular weight is 296 g/mol. The third kappa shape index (κ3) is 3.85. The molecule has 0 atom stereocenters. The fraction of sp³-hybridized carbons (Fsp3) is 0.400. The lowest BCUT2D eigenvalue weighted by Crippen LogP contribution is -2.20. The predicted octanol–water partition coefficient (Wildman–Crippen LogP) is 3.43. The first-order valence-corrected chi connectivity index (χ1v) is 6.83. The number of halogens is 3. The highest BCUT2D eigenvalue weighted by Crippen LogP contribution is 2.27. The van der Waals surface area contributed by atoms with Crippen LogP contribution >= 0.6 is 0 Å². The van der Waals surface area contributed by atoms with Crippen molar-refractivity contribution in [3.63, 3.8) is 0 Å². The van der Waals surface area contributed by atoms with Crippen LogP contribution in [0.2, 0.25) is 0 Å². The molecule has 0 spiro atoms. The second kappa shape index (κ2) is 5.52. The lowest BCUT2D eigenvalue weighted by Gasteiger charge is -2.12. The van der Waals surface area contributed by atoms with E-state index in [0.717, 1.165) is 18.2 Å². The van der Waals surface area contributed by atoms with Gasteiger partial charge in [0.2, 0.25) is 5.88 Å². The van der Waals surface area contributed by atoms with Gasteiger partial charge in [-0.2, -0.15) is 13.2 Å². The number of rotatable bonds is 5.